The number of methoxy groups -OCH3 is 1. The smallest absolute Gasteiger partial charge is 0.310 e. The highest BCUT2D eigenvalue weighted by molar-refractivity contribution is 6.76. The van der Waals surface area contributed by atoms with Crippen molar-refractivity contribution < 1.29 is 14.3 Å². The Balaban J connectivity index is 2.10. The Labute approximate surface area is 132 Å². The Morgan fingerprint density at radius 3 is 2.64 bits per heavy atom. The summed E-state index contributed by atoms with van der Waals surface area (Å²) < 4.78 is 10.7. The average Bonchev–Trinajstić information content (AvgIpc) is 2.73. The van der Waals surface area contributed by atoms with Crippen LogP contribution in [-0.2, 0) is 16.0 Å². The second-order valence-corrected chi connectivity index (χ2v) is 12.5. The Morgan fingerprint density at radius 1 is 1.27 bits per heavy atom. The molecule has 0 radical (unpaired) electrons. The van der Waals surface area contributed by atoms with Gasteiger partial charge in [0.25, 0.3) is 0 Å². The van der Waals surface area contributed by atoms with Crippen LogP contribution in [0.25, 0.3) is 10.9 Å². The maximum absolute atomic E-state index is 12.1. The summed E-state index contributed by atoms with van der Waals surface area (Å²) in [4.78, 5) is 15.4. The molecule has 2 aromatic rings. The number of benzene rings is 1. The topological polar surface area (TPSA) is 51.3 Å². The molecule has 4 nitrogen and oxygen atoms in total. The molecule has 5 heteroatoms. The Morgan fingerprint density at radius 2 is 2.00 bits per heavy atom. The summed E-state index contributed by atoms with van der Waals surface area (Å²) in [6, 6.07) is 6.85. The molecule has 22 heavy (non-hydrogen) atoms. The zero-order valence-electron chi connectivity index (χ0n) is 14.1. The summed E-state index contributed by atoms with van der Waals surface area (Å²) in [5.74, 6) is 0.630. The van der Waals surface area contributed by atoms with Crippen molar-refractivity contribution in [3.8, 4) is 5.75 Å². The molecule has 0 bridgehead atoms. The number of esters is 1. The number of aromatic amines is 1. The highest BCUT2D eigenvalue weighted by Crippen LogP contribution is 2.27. The molecule has 0 fully saturated rings. The fourth-order valence-corrected chi connectivity index (χ4v) is 3.10. The van der Waals surface area contributed by atoms with Gasteiger partial charge in [-0.2, -0.15) is 0 Å². The lowest BCUT2D eigenvalue weighted by atomic mass is 10.1. The van der Waals surface area contributed by atoms with Crippen molar-refractivity contribution in [3.63, 3.8) is 0 Å². The van der Waals surface area contributed by atoms with Crippen molar-refractivity contribution in [2.45, 2.75) is 39.0 Å². The quantitative estimate of drug-likeness (QED) is 0.649. The van der Waals surface area contributed by atoms with Gasteiger partial charge in [0.2, 0.25) is 0 Å². The van der Waals surface area contributed by atoms with Crippen LogP contribution in [0.1, 0.15) is 11.3 Å². The van der Waals surface area contributed by atoms with Crippen molar-refractivity contribution in [2.24, 2.45) is 0 Å². The lowest BCUT2D eigenvalue weighted by Gasteiger charge is -2.15. The minimum absolute atomic E-state index is 0.162. The van der Waals surface area contributed by atoms with Crippen LogP contribution in [0.15, 0.2) is 18.2 Å². The second-order valence-electron chi connectivity index (χ2n) is 6.85. The first-order valence-electron chi connectivity index (χ1n) is 7.61. The van der Waals surface area contributed by atoms with Crippen LogP contribution in [0.3, 0.4) is 0 Å². The van der Waals surface area contributed by atoms with Crippen LogP contribution in [0.5, 0.6) is 5.75 Å². The fraction of sp³-hybridized carbons (Fsp3) is 0.471. The van der Waals surface area contributed by atoms with Crippen LogP contribution in [0.4, 0.5) is 0 Å². The van der Waals surface area contributed by atoms with E-state index in [-0.39, 0.29) is 5.97 Å². The van der Waals surface area contributed by atoms with Gasteiger partial charge in [0, 0.05) is 24.7 Å². The zero-order valence-corrected chi connectivity index (χ0v) is 15.1. The third-order valence-electron chi connectivity index (χ3n) is 3.76. The van der Waals surface area contributed by atoms with Gasteiger partial charge in [0.1, 0.15) is 5.75 Å². The lowest BCUT2D eigenvalue weighted by molar-refractivity contribution is -0.142. The monoisotopic (exact) mass is 319 g/mol. The van der Waals surface area contributed by atoms with E-state index in [0.29, 0.717) is 13.0 Å². The van der Waals surface area contributed by atoms with Gasteiger partial charge < -0.3 is 14.5 Å². The summed E-state index contributed by atoms with van der Waals surface area (Å²) >= 11 is 0. The van der Waals surface area contributed by atoms with E-state index in [2.05, 4.69) is 24.6 Å². The molecule has 1 aromatic carbocycles. The number of H-pyrrole nitrogens is 1. The van der Waals surface area contributed by atoms with Gasteiger partial charge in [-0.1, -0.05) is 19.6 Å². The number of hydrogen-bond donors (Lipinski definition) is 1. The first-order chi connectivity index (χ1) is 10.3. The van der Waals surface area contributed by atoms with Crippen LogP contribution < -0.4 is 4.74 Å². The summed E-state index contributed by atoms with van der Waals surface area (Å²) in [5.41, 5.74) is 3.01. The number of hydrogen-bond acceptors (Lipinski definition) is 3. The highest BCUT2D eigenvalue weighted by atomic mass is 28.3. The van der Waals surface area contributed by atoms with E-state index in [0.717, 1.165) is 34.0 Å². The molecule has 1 N–H and O–H groups in total. The molecule has 0 aliphatic carbocycles. The first kappa shape index (κ1) is 16.6. The van der Waals surface area contributed by atoms with E-state index >= 15 is 0 Å². The van der Waals surface area contributed by atoms with Crippen molar-refractivity contribution in [1.82, 2.24) is 4.98 Å². The van der Waals surface area contributed by atoms with Crippen LogP contribution in [0.2, 0.25) is 25.7 Å². The molecular formula is C17H25NO3Si. The number of fused-ring (bicyclic) bond motifs is 1. The predicted octanol–water partition coefficient (Wildman–Crippen LogP) is 3.91. The maximum Gasteiger partial charge on any atom is 0.310 e. The minimum atomic E-state index is -1.17. The van der Waals surface area contributed by atoms with E-state index in [1.54, 1.807) is 7.11 Å². The third kappa shape index (κ3) is 4.13. The van der Waals surface area contributed by atoms with Crippen LogP contribution in [0, 0.1) is 6.92 Å². The van der Waals surface area contributed by atoms with E-state index in [1.807, 2.05) is 25.1 Å². The van der Waals surface area contributed by atoms with E-state index < -0.39 is 8.07 Å². The van der Waals surface area contributed by atoms with Gasteiger partial charge in [-0.25, -0.2) is 0 Å². The average molecular weight is 319 g/mol. The second kappa shape index (κ2) is 6.56. The SMILES string of the molecule is COc1ccc2[nH]c(C)c(CC(=O)OCC[Si](C)(C)C)c2c1. The number of carbonyl (C=O) groups excluding carboxylic acids is 1. The molecule has 1 heterocycles. The van der Waals surface area contributed by atoms with Gasteiger partial charge in [-0.3, -0.25) is 4.79 Å². The van der Waals surface area contributed by atoms with E-state index in [9.17, 15) is 4.79 Å². The van der Waals surface area contributed by atoms with Gasteiger partial charge in [-0.05, 0) is 36.7 Å². The number of ether oxygens (including phenoxy) is 2. The summed E-state index contributed by atoms with van der Waals surface area (Å²) in [7, 11) is 0.474. The number of rotatable bonds is 6. The maximum atomic E-state index is 12.1. The van der Waals surface area contributed by atoms with Crippen LogP contribution >= 0.6 is 0 Å². The number of carbonyl (C=O) groups is 1. The molecule has 0 unspecified atom stereocenters. The predicted molar refractivity (Wildman–Crippen MR) is 92.4 cm³/mol. The highest BCUT2D eigenvalue weighted by Gasteiger charge is 2.16. The molecule has 0 spiro atoms. The summed E-state index contributed by atoms with van der Waals surface area (Å²) in [6.45, 7) is 9.33. The molecular weight excluding hydrogens is 294 g/mol. The molecule has 120 valence electrons. The van der Waals surface area contributed by atoms with Gasteiger partial charge in [0.05, 0.1) is 20.1 Å². The molecule has 0 atom stereocenters. The number of aromatic nitrogens is 1. The first-order valence-corrected chi connectivity index (χ1v) is 11.3. The van der Waals surface area contributed by atoms with E-state index in [4.69, 9.17) is 9.47 Å². The number of aryl methyl sites for hydroxylation is 1. The molecule has 0 aliphatic heterocycles. The van der Waals surface area contributed by atoms with Gasteiger partial charge in [-0.15, -0.1) is 0 Å². The minimum Gasteiger partial charge on any atom is -0.497 e. The van der Waals surface area contributed by atoms with Crippen molar-refractivity contribution in [1.29, 1.82) is 0 Å². The molecule has 0 saturated heterocycles. The standard InChI is InChI=1S/C17H25NO3Si/c1-12-14(11-17(19)21-8-9-22(3,4)5)15-10-13(20-2)6-7-16(15)18-12/h6-7,10,18H,8-9,11H2,1-5H3. The Kier molecular flexibility index (Phi) is 4.96. The lowest BCUT2D eigenvalue weighted by Crippen LogP contribution is -2.23. The van der Waals surface area contributed by atoms with Crippen molar-refractivity contribution in [3.05, 3.63) is 29.5 Å². The molecule has 0 amide bonds. The Bertz CT molecular complexity index is 670. The fourth-order valence-electron chi connectivity index (χ4n) is 2.38. The summed E-state index contributed by atoms with van der Waals surface area (Å²) in [6.07, 6.45) is 0.296. The van der Waals surface area contributed by atoms with E-state index in [1.165, 1.54) is 0 Å². The van der Waals surface area contributed by atoms with Crippen molar-refractivity contribution in [2.75, 3.05) is 13.7 Å². The number of nitrogens with one attached hydrogen (secondary N) is 1. The Hall–Kier alpha value is -1.75. The molecule has 1 aromatic heterocycles. The normalized spacial score (nSPS) is 11.7. The van der Waals surface area contributed by atoms with Gasteiger partial charge >= 0.3 is 5.97 Å². The molecule has 0 saturated carbocycles. The summed E-state index contributed by atoms with van der Waals surface area (Å²) in [5, 5.41) is 1.03. The van der Waals surface area contributed by atoms with Crippen molar-refractivity contribution >= 4 is 24.9 Å². The third-order valence-corrected chi connectivity index (χ3v) is 5.47. The zero-order chi connectivity index (χ0) is 16.3. The van der Waals surface area contributed by atoms with Crippen LogP contribution in [-0.4, -0.2) is 32.7 Å². The molecule has 0 aliphatic rings. The molecule has 2 rings (SSSR count). The van der Waals surface area contributed by atoms with Gasteiger partial charge in [0.15, 0.2) is 0 Å². The largest absolute Gasteiger partial charge is 0.497 e.